The predicted octanol–water partition coefficient (Wildman–Crippen LogP) is 3.77. The molecular formula is C14H10O2S. The molecule has 0 saturated carbocycles. The third-order valence-electron chi connectivity index (χ3n) is 2.60. The standard InChI is InChI=1S/C14H10O2S/c15-11-9-17-13-8-4-7-12(14(11)13)16-10-5-2-1-3-6-10/h1-8H,9H2. The Kier molecular flexibility index (Phi) is 2.61. The van der Waals surface area contributed by atoms with Gasteiger partial charge in [-0.05, 0) is 24.3 Å². The summed E-state index contributed by atoms with van der Waals surface area (Å²) in [6, 6.07) is 15.2. The Labute approximate surface area is 104 Å². The van der Waals surface area contributed by atoms with Gasteiger partial charge in [-0.3, -0.25) is 4.79 Å². The van der Waals surface area contributed by atoms with Crippen LogP contribution in [0.15, 0.2) is 53.4 Å². The molecule has 0 bridgehead atoms. The maximum atomic E-state index is 11.8. The lowest BCUT2D eigenvalue weighted by Crippen LogP contribution is -1.98. The highest BCUT2D eigenvalue weighted by atomic mass is 32.2. The summed E-state index contributed by atoms with van der Waals surface area (Å²) < 4.78 is 5.76. The van der Waals surface area contributed by atoms with E-state index in [1.165, 1.54) is 0 Å². The minimum absolute atomic E-state index is 0.150. The smallest absolute Gasteiger partial charge is 0.177 e. The Morgan fingerprint density at radius 1 is 1.00 bits per heavy atom. The van der Waals surface area contributed by atoms with E-state index in [1.54, 1.807) is 11.8 Å². The van der Waals surface area contributed by atoms with Crippen LogP contribution in [-0.4, -0.2) is 11.5 Å². The summed E-state index contributed by atoms with van der Waals surface area (Å²) in [4.78, 5) is 12.8. The van der Waals surface area contributed by atoms with Gasteiger partial charge in [0.2, 0.25) is 0 Å². The van der Waals surface area contributed by atoms with Crippen molar-refractivity contribution in [3.8, 4) is 11.5 Å². The van der Waals surface area contributed by atoms with Crippen molar-refractivity contribution < 1.29 is 9.53 Å². The zero-order valence-electron chi connectivity index (χ0n) is 9.05. The number of rotatable bonds is 2. The molecule has 3 rings (SSSR count). The molecule has 0 N–H and O–H groups in total. The number of carbonyl (C=O) groups is 1. The van der Waals surface area contributed by atoms with E-state index in [2.05, 4.69) is 0 Å². The Balaban J connectivity index is 2.00. The number of para-hydroxylation sites is 1. The summed E-state index contributed by atoms with van der Waals surface area (Å²) in [6.07, 6.45) is 0. The molecule has 0 saturated heterocycles. The van der Waals surface area contributed by atoms with Gasteiger partial charge in [-0.15, -0.1) is 11.8 Å². The number of hydrogen-bond donors (Lipinski definition) is 0. The molecule has 0 fully saturated rings. The largest absolute Gasteiger partial charge is 0.457 e. The molecule has 0 radical (unpaired) electrons. The lowest BCUT2D eigenvalue weighted by atomic mass is 10.1. The van der Waals surface area contributed by atoms with Crippen molar-refractivity contribution in [2.75, 3.05) is 5.75 Å². The first-order chi connectivity index (χ1) is 8.34. The molecule has 0 aromatic heterocycles. The number of Topliss-reactive ketones (excluding diaryl/α,β-unsaturated/α-hetero) is 1. The van der Waals surface area contributed by atoms with Gasteiger partial charge in [0, 0.05) is 4.90 Å². The summed E-state index contributed by atoms with van der Waals surface area (Å²) in [5, 5.41) is 0. The van der Waals surface area contributed by atoms with E-state index in [-0.39, 0.29) is 5.78 Å². The summed E-state index contributed by atoms with van der Waals surface area (Å²) in [5.74, 6) is 2.08. The normalized spacial score (nSPS) is 13.5. The predicted molar refractivity (Wildman–Crippen MR) is 68.0 cm³/mol. The SMILES string of the molecule is O=C1CSc2cccc(Oc3ccccc3)c21. The lowest BCUT2D eigenvalue weighted by Gasteiger charge is -2.08. The van der Waals surface area contributed by atoms with Gasteiger partial charge >= 0.3 is 0 Å². The molecule has 3 heteroatoms. The Morgan fingerprint density at radius 3 is 2.65 bits per heavy atom. The van der Waals surface area contributed by atoms with Crippen LogP contribution in [0.2, 0.25) is 0 Å². The van der Waals surface area contributed by atoms with Gasteiger partial charge in [0.05, 0.1) is 11.3 Å². The number of benzene rings is 2. The maximum absolute atomic E-state index is 11.8. The molecule has 17 heavy (non-hydrogen) atoms. The number of carbonyl (C=O) groups excluding carboxylic acids is 1. The average Bonchev–Trinajstić information content (AvgIpc) is 2.74. The number of ketones is 1. The molecule has 1 aliphatic heterocycles. The monoisotopic (exact) mass is 242 g/mol. The Morgan fingerprint density at radius 2 is 1.82 bits per heavy atom. The fraction of sp³-hybridized carbons (Fsp3) is 0.0714. The number of hydrogen-bond acceptors (Lipinski definition) is 3. The van der Waals surface area contributed by atoms with Gasteiger partial charge in [0.15, 0.2) is 5.78 Å². The first kappa shape index (κ1) is 10.4. The first-order valence-electron chi connectivity index (χ1n) is 5.36. The van der Waals surface area contributed by atoms with E-state index in [1.807, 2.05) is 48.5 Å². The molecule has 0 unspecified atom stereocenters. The summed E-state index contributed by atoms with van der Waals surface area (Å²) in [7, 11) is 0. The second-order valence-electron chi connectivity index (χ2n) is 3.76. The fourth-order valence-corrected chi connectivity index (χ4v) is 2.79. The van der Waals surface area contributed by atoms with Crippen LogP contribution < -0.4 is 4.74 Å². The number of fused-ring (bicyclic) bond motifs is 1. The number of thioether (sulfide) groups is 1. The minimum atomic E-state index is 0.150. The molecule has 2 aromatic rings. The van der Waals surface area contributed by atoms with Gasteiger partial charge in [-0.1, -0.05) is 24.3 Å². The van der Waals surface area contributed by atoms with Crippen LogP contribution in [0.1, 0.15) is 10.4 Å². The van der Waals surface area contributed by atoms with E-state index in [0.717, 1.165) is 16.2 Å². The van der Waals surface area contributed by atoms with Crippen molar-refractivity contribution in [1.29, 1.82) is 0 Å². The summed E-state index contributed by atoms with van der Waals surface area (Å²) in [5.41, 5.74) is 0.723. The first-order valence-corrected chi connectivity index (χ1v) is 6.35. The van der Waals surface area contributed by atoms with Gasteiger partial charge < -0.3 is 4.74 Å². The molecule has 2 aromatic carbocycles. The van der Waals surface area contributed by atoms with E-state index in [4.69, 9.17) is 4.74 Å². The molecule has 84 valence electrons. The summed E-state index contributed by atoms with van der Waals surface area (Å²) >= 11 is 1.57. The fourth-order valence-electron chi connectivity index (χ4n) is 1.82. The topological polar surface area (TPSA) is 26.3 Å². The van der Waals surface area contributed by atoms with Gasteiger partial charge in [0.25, 0.3) is 0 Å². The van der Waals surface area contributed by atoms with Crippen LogP contribution in [-0.2, 0) is 0 Å². The summed E-state index contributed by atoms with van der Waals surface area (Å²) in [6.45, 7) is 0. The van der Waals surface area contributed by atoms with Crippen LogP contribution in [0, 0.1) is 0 Å². The van der Waals surface area contributed by atoms with E-state index < -0.39 is 0 Å². The maximum Gasteiger partial charge on any atom is 0.177 e. The van der Waals surface area contributed by atoms with Crippen molar-refractivity contribution in [3.05, 3.63) is 54.1 Å². The molecular weight excluding hydrogens is 232 g/mol. The molecule has 0 amide bonds. The third kappa shape index (κ3) is 1.94. The molecule has 1 heterocycles. The highest BCUT2D eigenvalue weighted by molar-refractivity contribution is 8.00. The van der Waals surface area contributed by atoms with Gasteiger partial charge in [-0.2, -0.15) is 0 Å². The minimum Gasteiger partial charge on any atom is -0.457 e. The molecule has 0 spiro atoms. The molecule has 1 aliphatic rings. The highest BCUT2D eigenvalue weighted by Gasteiger charge is 2.24. The van der Waals surface area contributed by atoms with Gasteiger partial charge in [0.1, 0.15) is 11.5 Å². The Hall–Kier alpha value is -1.74. The number of ether oxygens (including phenoxy) is 1. The van der Waals surface area contributed by atoms with Crippen molar-refractivity contribution in [2.45, 2.75) is 4.90 Å². The van der Waals surface area contributed by atoms with Crippen LogP contribution >= 0.6 is 11.8 Å². The van der Waals surface area contributed by atoms with E-state index in [9.17, 15) is 4.79 Å². The zero-order chi connectivity index (χ0) is 11.7. The highest BCUT2D eigenvalue weighted by Crippen LogP contribution is 2.38. The van der Waals surface area contributed by atoms with Crippen LogP contribution in [0.4, 0.5) is 0 Å². The van der Waals surface area contributed by atoms with E-state index >= 15 is 0 Å². The second-order valence-corrected chi connectivity index (χ2v) is 4.77. The molecule has 2 nitrogen and oxygen atoms in total. The molecule has 0 aliphatic carbocycles. The molecule has 0 atom stereocenters. The van der Waals surface area contributed by atoms with Crippen molar-refractivity contribution >= 4 is 17.5 Å². The average molecular weight is 242 g/mol. The van der Waals surface area contributed by atoms with Crippen molar-refractivity contribution in [3.63, 3.8) is 0 Å². The lowest BCUT2D eigenvalue weighted by molar-refractivity contribution is 0.102. The van der Waals surface area contributed by atoms with Crippen LogP contribution in [0.3, 0.4) is 0 Å². The van der Waals surface area contributed by atoms with Crippen molar-refractivity contribution in [1.82, 2.24) is 0 Å². The zero-order valence-corrected chi connectivity index (χ0v) is 9.87. The Bertz CT molecular complexity index is 564. The van der Waals surface area contributed by atoms with Crippen LogP contribution in [0.25, 0.3) is 0 Å². The van der Waals surface area contributed by atoms with Crippen molar-refractivity contribution in [2.24, 2.45) is 0 Å². The third-order valence-corrected chi connectivity index (χ3v) is 3.65. The second kappa shape index (κ2) is 4.26. The van der Waals surface area contributed by atoms with Gasteiger partial charge in [-0.25, -0.2) is 0 Å². The van der Waals surface area contributed by atoms with E-state index in [0.29, 0.717) is 11.5 Å². The van der Waals surface area contributed by atoms with Crippen LogP contribution in [0.5, 0.6) is 11.5 Å². The quantitative estimate of drug-likeness (QED) is 0.802.